The predicted molar refractivity (Wildman–Crippen MR) is 93.5 cm³/mol. The molecule has 1 unspecified atom stereocenters. The summed E-state index contributed by atoms with van der Waals surface area (Å²) in [5, 5.41) is 2.96. The highest BCUT2D eigenvalue weighted by Crippen LogP contribution is 2.15. The number of amides is 1. The molecule has 0 spiro atoms. The van der Waals surface area contributed by atoms with Gasteiger partial charge in [0.05, 0.1) is 6.04 Å². The maximum absolute atomic E-state index is 12.0. The third-order valence-electron chi connectivity index (χ3n) is 3.61. The van der Waals surface area contributed by atoms with Gasteiger partial charge in [-0.3, -0.25) is 4.79 Å². The van der Waals surface area contributed by atoms with Crippen LogP contribution < -0.4 is 10.1 Å². The topological polar surface area (TPSA) is 38.3 Å². The van der Waals surface area contributed by atoms with Crippen LogP contribution in [0, 0.1) is 5.92 Å². The zero-order chi connectivity index (χ0) is 16.7. The van der Waals surface area contributed by atoms with Crippen molar-refractivity contribution in [1.82, 2.24) is 5.32 Å². The molecule has 122 valence electrons. The average molecular weight is 311 g/mol. The van der Waals surface area contributed by atoms with Crippen LogP contribution in [0.2, 0.25) is 0 Å². The van der Waals surface area contributed by atoms with E-state index < -0.39 is 0 Å². The van der Waals surface area contributed by atoms with Crippen LogP contribution in [-0.2, 0) is 11.2 Å². The Hall–Kier alpha value is -2.29. The third-order valence-corrected chi connectivity index (χ3v) is 3.61. The van der Waals surface area contributed by atoms with Crippen molar-refractivity contribution in [2.45, 2.75) is 33.2 Å². The van der Waals surface area contributed by atoms with Crippen LogP contribution in [0.1, 0.15) is 37.9 Å². The van der Waals surface area contributed by atoms with Gasteiger partial charge in [0.1, 0.15) is 5.75 Å². The zero-order valence-electron chi connectivity index (χ0n) is 14.1. The Kier molecular flexibility index (Phi) is 6.21. The quantitative estimate of drug-likeness (QED) is 0.834. The predicted octanol–water partition coefficient (Wildman–Crippen LogP) is 4.14. The maximum atomic E-state index is 12.0. The minimum atomic E-state index is -0.118. The molecule has 0 saturated heterocycles. The molecule has 0 fully saturated rings. The van der Waals surface area contributed by atoms with Gasteiger partial charge < -0.3 is 10.1 Å². The summed E-state index contributed by atoms with van der Waals surface area (Å²) in [5.74, 6) is 1.23. The molecule has 0 aliphatic heterocycles. The third kappa shape index (κ3) is 5.78. The molecular formula is C20H25NO2. The van der Waals surface area contributed by atoms with Gasteiger partial charge in [-0.25, -0.2) is 0 Å². The maximum Gasteiger partial charge on any atom is 0.258 e. The summed E-state index contributed by atoms with van der Waals surface area (Å²) >= 11 is 0. The van der Waals surface area contributed by atoms with Crippen LogP contribution in [0.5, 0.6) is 5.75 Å². The molecule has 0 aromatic heterocycles. The molecule has 0 heterocycles. The van der Waals surface area contributed by atoms with Crippen molar-refractivity contribution in [2.24, 2.45) is 5.92 Å². The summed E-state index contributed by atoms with van der Waals surface area (Å²) in [6, 6.07) is 17.8. The molecule has 0 radical (unpaired) electrons. The Morgan fingerprint density at radius 3 is 2.26 bits per heavy atom. The highest BCUT2D eigenvalue weighted by Gasteiger charge is 2.10. The molecule has 0 aliphatic carbocycles. The van der Waals surface area contributed by atoms with Crippen molar-refractivity contribution >= 4 is 5.91 Å². The molecule has 2 aromatic carbocycles. The number of carbonyl (C=O) groups is 1. The Morgan fingerprint density at radius 2 is 1.65 bits per heavy atom. The number of hydrogen-bond donors (Lipinski definition) is 1. The van der Waals surface area contributed by atoms with Crippen molar-refractivity contribution in [1.29, 1.82) is 0 Å². The first kappa shape index (κ1) is 17.1. The molecule has 1 atom stereocenters. The van der Waals surface area contributed by atoms with E-state index >= 15 is 0 Å². The average Bonchev–Trinajstić information content (AvgIpc) is 2.54. The van der Waals surface area contributed by atoms with Gasteiger partial charge in [0, 0.05) is 0 Å². The molecule has 23 heavy (non-hydrogen) atoms. The standard InChI is InChI=1S/C20H25NO2/c1-15(2)13-17-9-11-18(12-10-17)16(3)21-20(22)14-23-19-7-5-4-6-8-19/h4-12,15-16H,13-14H2,1-3H3,(H,21,22). The summed E-state index contributed by atoms with van der Waals surface area (Å²) in [5.41, 5.74) is 2.43. The fraction of sp³-hybridized carbons (Fsp3) is 0.350. The highest BCUT2D eigenvalue weighted by molar-refractivity contribution is 5.78. The van der Waals surface area contributed by atoms with Crippen molar-refractivity contribution in [2.75, 3.05) is 6.61 Å². The molecular weight excluding hydrogens is 286 g/mol. The number of rotatable bonds is 7. The van der Waals surface area contributed by atoms with Crippen LogP contribution in [0.25, 0.3) is 0 Å². The first-order chi connectivity index (χ1) is 11.0. The fourth-order valence-electron chi connectivity index (χ4n) is 2.45. The lowest BCUT2D eigenvalue weighted by molar-refractivity contribution is -0.123. The largest absolute Gasteiger partial charge is 0.484 e. The zero-order valence-corrected chi connectivity index (χ0v) is 14.1. The second-order valence-corrected chi connectivity index (χ2v) is 6.23. The second kappa shape index (κ2) is 8.37. The lowest BCUT2D eigenvalue weighted by Gasteiger charge is -2.15. The van der Waals surface area contributed by atoms with E-state index in [2.05, 4.69) is 43.4 Å². The molecule has 0 bridgehead atoms. The first-order valence-corrected chi connectivity index (χ1v) is 8.10. The Balaban J connectivity index is 1.83. The summed E-state index contributed by atoms with van der Waals surface area (Å²) < 4.78 is 5.46. The summed E-state index contributed by atoms with van der Waals surface area (Å²) in [4.78, 5) is 12.0. The second-order valence-electron chi connectivity index (χ2n) is 6.23. The summed E-state index contributed by atoms with van der Waals surface area (Å²) in [6.45, 7) is 6.44. The van der Waals surface area contributed by atoms with Gasteiger partial charge in [-0.15, -0.1) is 0 Å². The van der Waals surface area contributed by atoms with E-state index in [1.54, 1.807) is 0 Å². The van der Waals surface area contributed by atoms with Crippen molar-refractivity contribution < 1.29 is 9.53 Å². The number of ether oxygens (including phenoxy) is 1. The van der Waals surface area contributed by atoms with E-state index in [0.29, 0.717) is 11.7 Å². The van der Waals surface area contributed by atoms with Crippen LogP contribution in [0.3, 0.4) is 0 Å². The molecule has 0 aliphatic rings. The lowest BCUT2D eigenvalue weighted by atomic mass is 10.00. The van der Waals surface area contributed by atoms with Crippen LogP contribution in [0.15, 0.2) is 54.6 Å². The first-order valence-electron chi connectivity index (χ1n) is 8.10. The molecule has 0 saturated carbocycles. The number of nitrogens with one attached hydrogen (secondary N) is 1. The summed E-state index contributed by atoms with van der Waals surface area (Å²) in [7, 11) is 0. The highest BCUT2D eigenvalue weighted by atomic mass is 16.5. The molecule has 2 aromatic rings. The minimum Gasteiger partial charge on any atom is -0.484 e. The van der Waals surface area contributed by atoms with E-state index in [1.807, 2.05) is 37.3 Å². The minimum absolute atomic E-state index is 0.0276. The van der Waals surface area contributed by atoms with Crippen molar-refractivity contribution in [3.8, 4) is 5.75 Å². The molecule has 3 heteroatoms. The monoisotopic (exact) mass is 311 g/mol. The van der Waals surface area contributed by atoms with E-state index in [1.165, 1.54) is 5.56 Å². The Labute approximate surface area is 138 Å². The number of hydrogen-bond acceptors (Lipinski definition) is 2. The van der Waals surface area contributed by atoms with Gasteiger partial charge in [0.25, 0.3) is 5.91 Å². The van der Waals surface area contributed by atoms with Gasteiger partial charge in [-0.1, -0.05) is 56.3 Å². The Morgan fingerprint density at radius 1 is 1.00 bits per heavy atom. The SMILES string of the molecule is CC(C)Cc1ccc(C(C)NC(=O)COc2ccccc2)cc1. The van der Waals surface area contributed by atoms with E-state index in [4.69, 9.17) is 4.74 Å². The number of carbonyl (C=O) groups excluding carboxylic acids is 1. The van der Waals surface area contributed by atoms with Gasteiger partial charge in [0.2, 0.25) is 0 Å². The van der Waals surface area contributed by atoms with Crippen molar-refractivity contribution in [3.05, 3.63) is 65.7 Å². The van der Waals surface area contributed by atoms with Crippen LogP contribution in [0.4, 0.5) is 0 Å². The molecule has 1 N–H and O–H groups in total. The fourth-order valence-corrected chi connectivity index (χ4v) is 2.45. The summed E-state index contributed by atoms with van der Waals surface area (Å²) in [6.07, 6.45) is 1.08. The van der Waals surface area contributed by atoms with E-state index in [0.717, 1.165) is 12.0 Å². The van der Waals surface area contributed by atoms with E-state index in [-0.39, 0.29) is 18.6 Å². The van der Waals surface area contributed by atoms with Crippen molar-refractivity contribution in [3.63, 3.8) is 0 Å². The number of para-hydroxylation sites is 1. The van der Waals surface area contributed by atoms with Crippen LogP contribution >= 0.6 is 0 Å². The number of benzene rings is 2. The van der Waals surface area contributed by atoms with Crippen LogP contribution in [-0.4, -0.2) is 12.5 Å². The molecule has 1 amide bonds. The molecule has 3 nitrogen and oxygen atoms in total. The smallest absolute Gasteiger partial charge is 0.258 e. The van der Waals surface area contributed by atoms with E-state index in [9.17, 15) is 4.79 Å². The van der Waals surface area contributed by atoms with Gasteiger partial charge in [0.15, 0.2) is 6.61 Å². The molecule has 2 rings (SSSR count). The van der Waals surface area contributed by atoms with Gasteiger partial charge in [-0.2, -0.15) is 0 Å². The van der Waals surface area contributed by atoms with Gasteiger partial charge >= 0.3 is 0 Å². The van der Waals surface area contributed by atoms with Gasteiger partial charge in [-0.05, 0) is 42.5 Å². The lowest BCUT2D eigenvalue weighted by Crippen LogP contribution is -2.31. The normalized spacial score (nSPS) is 12.0. The Bertz CT molecular complexity index is 605.